The largest absolute Gasteiger partial charge is 0.426 e. The zero-order chi connectivity index (χ0) is 21.3. The number of nitrogens with one attached hydrogen (secondary N) is 2. The van der Waals surface area contributed by atoms with Crippen LogP contribution in [0.3, 0.4) is 0 Å². The molecule has 0 unspecified atom stereocenters. The normalized spacial score (nSPS) is 14.9. The van der Waals surface area contributed by atoms with Crippen molar-refractivity contribution in [2.24, 2.45) is 0 Å². The van der Waals surface area contributed by atoms with Gasteiger partial charge in [-0.15, -0.1) is 0 Å². The van der Waals surface area contributed by atoms with E-state index in [1.165, 1.54) is 0 Å². The molecule has 1 fully saturated rings. The zero-order valence-electron chi connectivity index (χ0n) is 17.9. The minimum Gasteiger partial charge on any atom is -0.426 e. The number of carbonyl (C=O) groups excluding carboxylic acids is 2. The molecule has 0 spiro atoms. The highest BCUT2D eigenvalue weighted by molar-refractivity contribution is 5.92. The third-order valence-corrected chi connectivity index (χ3v) is 5.21. The molecule has 0 atom stereocenters. The Labute approximate surface area is 177 Å². The van der Waals surface area contributed by atoms with Gasteiger partial charge in [-0.3, -0.25) is 14.5 Å². The number of carbonyl (C=O) groups is 2. The lowest BCUT2D eigenvalue weighted by Crippen LogP contribution is -2.41. The molecule has 0 radical (unpaired) electrons. The molecule has 0 aliphatic carbocycles. The summed E-state index contributed by atoms with van der Waals surface area (Å²) in [7, 11) is 4.06. The van der Waals surface area contributed by atoms with Crippen LogP contribution in [0.2, 0.25) is 0 Å². The number of nitrogens with zero attached hydrogens (tertiary/aromatic N) is 2. The summed E-state index contributed by atoms with van der Waals surface area (Å²) >= 11 is 0. The molecule has 3 rings (SSSR count). The van der Waals surface area contributed by atoms with Gasteiger partial charge < -0.3 is 24.7 Å². The summed E-state index contributed by atoms with van der Waals surface area (Å²) in [5.41, 5.74) is 2.05. The second kappa shape index (κ2) is 11.1. The van der Waals surface area contributed by atoms with E-state index in [9.17, 15) is 9.59 Å². The minimum atomic E-state index is -0.398. The van der Waals surface area contributed by atoms with E-state index in [4.69, 9.17) is 9.47 Å². The van der Waals surface area contributed by atoms with E-state index in [-0.39, 0.29) is 18.7 Å². The Morgan fingerprint density at radius 1 is 1.23 bits per heavy atom. The highest BCUT2D eigenvalue weighted by atomic mass is 16.5. The monoisotopic (exact) mass is 416 g/mol. The molecule has 1 aliphatic heterocycles. The van der Waals surface area contributed by atoms with Gasteiger partial charge in [0.15, 0.2) is 0 Å². The van der Waals surface area contributed by atoms with Crippen molar-refractivity contribution in [3.63, 3.8) is 0 Å². The van der Waals surface area contributed by atoms with Crippen LogP contribution in [0, 0.1) is 0 Å². The molecular formula is C22H32N4O4. The number of H-pyrrole nitrogens is 1. The lowest BCUT2D eigenvalue weighted by atomic mass is 10.1. The lowest BCUT2D eigenvalue weighted by Gasteiger charge is -2.26. The van der Waals surface area contributed by atoms with Crippen molar-refractivity contribution < 1.29 is 19.1 Å². The third-order valence-electron chi connectivity index (χ3n) is 5.21. The molecule has 30 heavy (non-hydrogen) atoms. The second-order valence-electron chi connectivity index (χ2n) is 7.82. The Balaban J connectivity index is 1.46. The third kappa shape index (κ3) is 6.55. The fourth-order valence-electron chi connectivity index (χ4n) is 3.50. The number of aromatic nitrogens is 1. The molecule has 2 N–H and O–H groups in total. The first kappa shape index (κ1) is 22.3. The van der Waals surface area contributed by atoms with Crippen molar-refractivity contribution in [3.05, 3.63) is 30.0 Å². The number of morpholine rings is 1. The molecule has 1 saturated heterocycles. The zero-order valence-corrected chi connectivity index (χ0v) is 17.9. The summed E-state index contributed by atoms with van der Waals surface area (Å²) in [4.78, 5) is 32.0. The number of hydrogen-bond acceptors (Lipinski definition) is 6. The molecule has 0 bridgehead atoms. The maximum absolute atomic E-state index is 12.3. The average Bonchev–Trinajstić information content (AvgIpc) is 3.16. The molecule has 1 aliphatic rings. The topological polar surface area (TPSA) is 86.9 Å². The standard InChI is InChI=1S/C22H32N4O4/c1-25(2)10-8-17-16-24-18-4-3-5-19(22(17)18)30-21(28)7-6-20(27)23-9-11-26-12-14-29-15-13-26/h3-5,16,24H,6-15H2,1-2H3,(H,23,27). The van der Waals surface area contributed by atoms with Gasteiger partial charge in [-0.2, -0.15) is 0 Å². The van der Waals surface area contributed by atoms with Crippen LogP contribution in [0.25, 0.3) is 10.9 Å². The summed E-state index contributed by atoms with van der Waals surface area (Å²) < 4.78 is 10.9. The van der Waals surface area contributed by atoms with Gasteiger partial charge in [0, 0.05) is 56.2 Å². The van der Waals surface area contributed by atoms with Crippen molar-refractivity contribution in [1.29, 1.82) is 0 Å². The van der Waals surface area contributed by atoms with Crippen LogP contribution >= 0.6 is 0 Å². The van der Waals surface area contributed by atoms with Crippen LogP contribution in [0.4, 0.5) is 0 Å². The molecule has 8 nitrogen and oxygen atoms in total. The van der Waals surface area contributed by atoms with E-state index >= 15 is 0 Å². The van der Waals surface area contributed by atoms with Gasteiger partial charge in [0.2, 0.25) is 5.91 Å². The minimum absolute atomic E-state index is 0.0528. The summed E-state index contributed by atoms with van der Waals surface area (Å²) in [5.74, 6) is 0.0116. The van der Waals surface area contributed by atoms with Crippen LogP contribution in [-0.4, -0.2) is 86.7 Å². The summed E-state index contributed by atoms with van der Waals surface area (Å²) in [6.45, 7) is 5.54. The van der Waals surface area contributed by atoms with E-state index in [1.807, 2.05) is 32.4 Å². The van der Waals surface area contributed by atoms with Crippen LogP contribution < -0.4 is 10.1 Å². The Morgan fingerprint density at radius 2 is 2.03 bits per heavy atom. The van der Waals surface area contributed by atoms with Crippen molar-refractivity contribution in [2.45, 2.75) is 19.3 Å². The van der Waals surface area contributed by atoms with Crippen LogP contribution in [0.1, 0.15) is 18.4 Å². The van der Waals surface area contributed by atoms with Gasteiger partial charge in [0.05, 0.1) is 19.6 Å². The summed E-state index contributed by atoms with van der Waals surface area (Å²) in [5, 5.41) is 3.81. The Kier molecular flexibility index (Phi) is 8.24. The SMILES string of the molecule is CN(C)CCc1c[nH]c2cccc(OC(=O)CCC(=O)NCCN3CCOCC3)c12. The van der Waals surface area contributed by atoms with Gasteiger partial charge >= 0.3 is 5.97 Å². The molecular weight excluding hydrogens is 384 g/mol. The van der Waals surface area contributed by atoms with Crippen molar-refractivity contribution in [3.8, 4) is 5.75 Å². The molecule has 2 aromatic rings. The predicted octanol–water partition coefficient (Wildman–Crippen LogP) is 1.41. The molecule has 0 saturated carbocycles. The van der Waals surface area contributed by atoms with Crippen LogP contribution in [0.5, 0.6) is 5.75 Å². The van der Waals surface area contributed by atoms with E-state index in [0.717, 1.165) is 62.3 Å². The van der Waals surface area contributed by atoms with Crippen molar-refractivity contribution in [2.75, 3.05) is 60.0 Å². The Morgan fingerprint density at radius 3 is 2.80 bits per heavy atom. The molecule has 1 amide bonds. The number of aromatic amines is 1. The maximum atomic E-state index is 12.3. The number of amides is 1. The lowest BCUT2D eigenvalue weighted by molar-refractivity contribution is -0.136. The second-order valence-corrected chi connectivity index (χ2v) is 7.82. The van der Waals surface area contributed by atoms with Gasteiger partial charge in [-0.1, -0.05) is 6.07 Å². The van der Waals surface area contributed by atoms with E-state index < -0.39 is 5.97 Å². The van der Waals surface area contributed by atoms with E-state index in [2.05, 4.69) is 20.1 Å². The fraction of sp³-hybridized carbons (Fsp3) is 0.545. The number of benzene rings is 1. The van der Waals surface area contributed by atoms with E-state index in [0.29, 0.717) is 12.3 Å². The number of likely N-dealkylation sites (N-methyl/N-ethyl adjacent to an activating group) is 1. The molecule has 8 heteroatoms. The van der Waals surface area contributed by atoms with Gasteiger partial charge in [-0.25, -0.2) is 0 Å². The molecule has 164 valence electrons. The van der Waals surface area contributed by atoms with Gasteiger partial charge in [0.1, 0.15) is 5.75 Å². The van der Waals surface area contributed by atoms with Crippen molar-refractivity contribution >= 4 is 22.8 Å². The smallest absolute Gasteiger partial charge is 0.311 e. The van der Waals surface area contributed by atoms with Gasteiger partial charge in [0.25, 0.3) is 0 Å². The number of hydrogen-bond donors (Lipinski definition) is 2. The highest BCUT2D eigenvalue weighted by Gasteiger charge is 2.15. The average molecular weight is 417 g/mol. The first-order valence-corrected chi connectivity index (χ1v) is 10.5. The summed E-state index contributed by atoms with van der Waals surface area (Å²) in [6.07, 6.45) is 3.00. The molecule has 1 aromatic carbocycles. The van der Waals surface area contributed by atoms with E-state index in [1.54, 1.807) is 6.07 Å². The number of rotatable bonds is 10. The number of esters is 1. The molecule has 1 aromatic heterocycles. The predicted molar refractivity (Wildman–Crippen MR) is 116 cm³/mol. The first-order chi connectivity index (χ1) is 14.5. The Bertz CT molecular complexity index is 843. The maximum Gasteiger partial charge on any atom is 0.311 e. The van der Waals surface area contributed by atoms with Crippen molar-refractivity contribution in [1.82, 2.24) is 20.1 Å². The fourth-order valence-corrected chi connectivity index (χ4v) is 3.50. The molecule has 2 heterocycles. The highest BCUT2D eigenvalue weighted by Crippen LogP contribution is 2.29. The quantitative estimate of drug-likeness (QED) is 0.450. The number of ether oxygens (including phenoxy) is 2. The van der Waals surface area contributed by atoms with Gasteiger partial charge in [-0.05, 0) is 38.2 Å². The summed E-state index contributed by atoms with van der Waals surface area (Å²) in [6, 6.07) is 5.62. The Hall–Kier alpha value is -2.42. The van der Waals surface area contributed by atoms with Crippen LogP contribution in [0.15, 0.2) is 24.4 Å². The first-order valence-electron chi connectivity index (χ1n) is 10.5. The van der Waals surface area contributed by atoms with Crippen LogP contribution in [-0.2, 0) is 20.7 Å². The number of fused-ring (bicyclic) bond motifs is 1.